The van der Waals surface area contributed by atoms with Crippen LogP contribution in [0.3, 0.4) is 0 Å². The van der Waals surface area contributed by atoms with Crippen molar-refractivity contribution in [3.63, 3.8) is 0 Å². The third-order valence-electron chi connectivity index (χ3n) is 6.60. The monoisotopic (exact) mass is 487 g/mol. The van der Waals surface area contributed by atoms with E-state index in [-0.39, 0.29) is 18.1 Å². The Hall–Kier alpha value is -2.19. The summed E-state index contributed by atoms with van der Waals surface area (Å²) < 4.78 is 5.86. The van der Waals surface area contributed by atoms with Crippen molar-refractivity contribution in [1.29, 1.82) is 5.26 Å². The molecule has 188 valence electrons. The van der Waals surface area contributed by atoms with Gasteiger partial charge in [0.15, 0.2) is 0 Å². The smallest absolute Gasteiger partial charge is 0.227 e. The maximum atomic E-state index is 13.4. The minimum Gasteiger partial charge on any atom is -0.489 e. The van der Waals surface area contributed by atoms with Crippen LogP contribution in [0, 0.1) is 28.6 Å². The first-order valence-corrected chi connectivity index (χ1v) is 12.9. The van der Waals surface area contributed by atoms with Gasteiger partial charge in [-0.25, -0.2) is 0 Å². The number of ether oxygens (including phenoxy) is 1. The third kappa shape index (κ3) is 7.40. The molecule has 0 saturated heterocycles. The van der Waals surface area contributed by atoms with Gasteiger partial charge in [0.25, 0.3) is 0 Å². The van der Waals surface area contributed by atoms with Crippen LogP contribution in [0.25, 0.3) is 10.9 Å². The quantitative estimate of drug-likeness (QED) is 0.323. The van der Waals surface area contributed by atoms with E-state index in [0.717, 1.165) is 35.7 Å². The van der Waals surface area contributed by atoms with Crippen molar-refractivity contribution in [2.45, 2.75) is 99.1 Å². The lowest BCUT2D eigenvalue weighted by molar-refractivity contribution is -0.123. The summed E-state index contributed by atoms with van der Waals surface area (Å²) in [6.07, 6.45) is 5.59. The standard InChI is InChI=1S/C28H42ClN3O2/c1-9-18(4)12-19(5)13-21(14-28(7,8)16-30)32-27(33)20(6)22-15-31-23-10-11-24(34-17(2)3)26(29)25(22)23/h10-11,15,17-21,31H,9,12-14H2,1-8H3,(H,32,33). The maximum Gasteiger partial charge on any atom is 0.227 e. The zero-order chi connectivity index (χ0) is 25.6. The first kappa shape index (κ1) is 28.1. The molecule has 0 fully saturated rings. The molecule has 34 heavy (non-hydrogen) atoms. The second-order valence-corrected chi connectivity index (χ2v) is 11.3. The van der Waals surface area contributed by atoms with E-state index >= 15 is 0 Å². The molecule has 6 heteroatoms. The van der Waals surface area contributed by atoms with Crippen LogP contribution < -0.4 is 10.1 Å². The Kier molecular flexibility index (Phi) is 9.88. The second-order valence-electron chi connectivity index (χ2n) is 10.9. The highest BCUT2D eigenvalue weighted by Gasteiger charge is 2.29. The number of carbonyl (C=O) groups excluding carboxylic acids is 1. The molecule has 1 heterocycles. The Morgan fingerprint density at radius 3 is 2.44 bits per heavy atom. The van der Waals surface area contributed by atoms with Gasteiger partial charge < -0.3 is 15.0 Å². The van der Waals surface area contributed by atoms with Gasteiger partial charge in [-0.3, -0.25) is 4.79 Å². The lowest BCUT2D eigenvalue weighted by Gasteiger charge is -2.29. The fourth-order valence-corrected chi connectivity index (χ4v) is 4.95. The lowest BCUT2D eigenvalue weighted by atomic mass is 9.82. The average Bonchev–Trinajstić information content (AvgIpc) is 3.19. The van der Waals surface area contributed by atoms with Gasteiger partial charge in [0.05, 0.1) is 28.5 Å². The highest BCUT2D eigenvalue weighted by molar-refractivity contribution is 6.37. The molecule has 0 bridgehead atoms. The highest BCUT2D eigenvalue weighted by atomic mass is 35.5. The number of fused-ring (bicyclic) bond motifs is 1. The van der Waals surface area contributed by atoms with E-state index < -0.39 is 11.3 Å². The van der Waals surface area contributed by atoms with E-state index in [1.807, 2.05) is 52.9 Å². The molecule has 4 unspecified atom stereocenters. The van der Waals surface area contributed by atoms with Gasteiger partial charge in [0.2, 0.25) is 5.91 Å². The molecule has 1 amide bonds. The fraction of sp³-hybridized carbons (Fsp3) is 0.643. The van der Waals surface area contributed by atoms with Gasteiger partial charge in [-0.2, -0.15) is 5.26 Å². The number of nitriles is 1. The zero-order valence-electron chi connectivity index (χ0n) is 22.1. The van der Waals surface area contributed by atoms with Crippen LogP contribution >= 0.6 is 11.6 Å². The third-order valence-corrected chi connectivity index (χ3v) is 6.97. The van der Waals surface area contributed by atoms with E-state index in [0.29, 0.717) is 29.0 Å². The van der Waals surface area contributed by atoms with Crippen LogP contribution in [0.15, 0.2) is 18.3 Å². The summed E-state index contributed by atoms with van der Waals surface area (Å²) in [6, 6.07) is 6.12. The Labute approximate surface area is 210 Å². The molecule has 0 aliphatic carbocycles. The summed E-state index contributed by atoms with van der Waals surface area (Å²) in [5.41, 5.74) is 1.21. The summed E-state index contributed by atoms with van der Waals surface area (Å²) in [6.45, 7) is 16.4. The number of aromatic nitrogens is 1. The minimum absolute atomic E-state index is 0.000253. The molecule has 0 aliphatic rings. The molecule has 1 aromatic carbocycles. The number of H-pyrrole nitrogens is 1. The SMILES string of the molecule is CCC(C)CC(C)CC(CC(C)(C)C#N)NC(=O)C(C)c1c[nH]c2ccc(OC(C)C)c(Cl)c12. The lowest BCUT2D eigenvalue weighted by Crippen LogP contribution is -2.41. The molecule has 0 radical (unpaired) electrons. The fourth-order valence-electron chi connectivity index (χ4n) is 4.63. The molecule has 0 saturated carbocycles. The van der Waals surface area contributed by atoms with Crippen molar-refractivity contribution < 1.29 is 9.53 Å². The zero-order valence-corrected chi connectivity index (χ0v) is 22.8. The number of rotatable bonds is 12. The molecule has 2 aromatic rings. The van der Waals surface area contributed by atoms with Crippen molar-refractivity contribution in [2.24, 2.45) is 17.3 Å². The average molecular weight is 488 g/mol. The molecule has 0 aliphatic heterocycles. The van der Waals surface area contributed by atoms with E-state index in [1.54, 1.807) is 0 Å². The number of hydrogen-bond acceptors (Lipinski definition) is 3. The number of nitrogens with one attached hydrogen (secondary N) is 2. The highest BCUT2D eigenvalue weighted by Crippen LogP contribution is 2.38. The van der Waals surface area contributed by atoms with Crippen LogP contribution in [-0.2, 0) is 4.79 Å². The van der Waals surface area contributed by atoms with Gasteiger partial charge in [0.1, 0.15) is 5.75 Å². The molecular formula is C28H42ClN3O2. The number of carbonyl (C=O) groups is 1. The Morgan fingerprint density at radius 1 is 1.18 bits per heavy atom. The van der Waals surface area contributed by atoms with Crippen LogP contribution in [0.4, 0.5) is 0 Å². The van der Waals surface area contributed by atoms with Gasteiger partial charge in [-0.1, -0.05) is 38.8 Å². The van der Waals surface area contributed by atoms with Crippen molar-refractivity contribution >= 4 is 28.4 Å². The van der Waals surface area contributed by atoms with Crippen LogP contribution in [-0.4, -0.2) is 23.0 Å². The van der Waals surface area contributed by atoms with Gasteiger partial charge in [-0.15, -0.1) is 0 Å². The van der Waals surface area contributed by atoms with Crippen LogP contribution in [0.5, 0.6) is 5.75 Å². The van der Waals surface area contributed by atoms with Crippen LogP contribution in [0.2, 0.25) is 5.02 Å². The van der Waals surface area contributed by atoms with Crippen molar-refractivity contribution in [1.82, 2.24) is 10.3 Å². The molecule has 1 aromatic heterocycles. The Morgan fingerprint density at radius 2 is 1.85 bits per heavy atom. The number of nitrogens with zero attached hydrogens (tertiary/aromatic N) is 1. The molecule has 0 spiro atoms. The second kappa shape index (κ2) is 12.0. The molecular weight excluding hydrogens is 446 g/mol. The molecule has 4 atom stereocenters. The van der Waals surface area contributed by atoms with E-state index in [1.165, 1.54) is 0 Å². The minimum atomic E-state index is -0.509. The van der Waals surface area contributed by atoms with E-state index in [9.17, 15) is 10.1 Å². The van der Waals surface area contributed by atoms with Gasteiger partial charge in [-0.05, 0) is 83.4 Å². The predicted octanol–water partition coefficient (Wildman–Crippen LogP) is 7.60. The van der Waals surface area contributed by atoms with E-state index in [4.69, 9.17) is 16.3 Å². The summed E-state index contributed by atoms with van der Waals surface area (Å²) in [7, 11) is 0. The maximum absolute atomic E-state index is 13.4. The normalized spacial score (nSPS) is 15.6. The Bertz CT molecular complexity index is 1000. The van der Waals surface area contributed by atoms with Crippen LogP contribution in [0.1, 0.15) is 92.6 Å². The largest absolute Gasteiger partial charge is 0.489 e. The topological polar surface area (TPSA) is 77.9 Å². The van der Waals surface area contributed by atoms with Gasteiger partial charge >= 0.3 is 0 Å². The molecule has 2 rings (SSSR count). The number of hydrogen-bond donors (Lipinski definition) is 2. The van der Waals surface area contributed by atoms with Crippen molar-refractivity contribution in [3.05, 3.63) is 28.9 Å². The number of aromatic amines is 1. The molecule has 2 N–H and O–H groups in total. The first-order valence-electron chi connectivity index (χ1n) is 12.6. The number of benzene rings is 1. The van der Waals surface area contributed by atoms with Crippen molar-refractivity contribution in [2.75, 3.05) is 0 Å². The summed E-state index contributed by atoms with van der Waals surface area (Å²) in [5.74, 6) is 1.26. The van der Waals surface area contributed by atoms with Gasteiger partial charge in [0, 0.05) is 23.1 Å². The molecule has 5 nitrogen and oxygen atoms in total. The summed E-state index contributed by atoms with van der Waals surface area (Å²) in [5, 5.41) is 14.2. The van der Waals surface area contributed by atoms with Crippen molar-refractivity contribution in [3.8, 4) is 11.8 Å². The van der Waals surface area contributed by atoms with E-state index in [2.05, 4.69) is 37.1 Å². The summed E-state index contributed by atoms with van der Waals surface area (Å²) in [4.78, 5) is 16.7. The number of halogens is 1. The predicted molar refractivity (Wildman–Crippen MR) is 141 cm³/mol. The summed E-state index contributed by atoms with van der Waals surface area (Å²) >= 11 is 6.71. The number of amides is 1. The first-order chi connectivity index (χ1) is 15.9. The Balaban J connectivity index is 2.27.